The van der Waals surface area contributed by atoms with E-state index >= 15 is 0 Å². The summed E-state index contributed by atoms with van der Waals surface area (Å²) in [5.74, 6) is 0.464. The van der Waals surface area contributed by atoms with Crippen molar-refractivity contribution < 1.29 is 19.2 Å². The zero-order valence-electron chi connectivity index (χ0n) is 16.6. The normalized spacial score (nSPS) is 16.2. The minimum absolute atomic E-state index is 0.0459. The van der Waals surface area contributed by atoms with Gasteiger partial charge in [-0.15, -0.1) is 0 Å². The Balaban J connectivity index is 1.55. The molecule has 1 fully saturated rings. The van der Waals surface area contributed by atoms with Crippen molar-refractivity contribution in [3.8, 4) is 5.75 Å². The van der Waals surface area contributed by atoms with E-state index in [2.05, 4.69) is 4.90 Å². The summed E-state index contributed by atoms with van der Waals surface area (Å²) in [5.41, 5.74) is 0.470. The monoisotopic (exact) mass is 398 g/mol. The van der Waals surface area contributed by atoms with Gasteiger partial charge in [-0.05, 0) is 50.6 Å². The van der Waals surface area contributed by atoms with Gasteiger partial charge in [0.2, 0.25) is 0 Å². The molecule has 1 aliphatic heterocycles. The van der Waals surface area contributed by atoms with Gasteiger partial charge in [-0.3, -0.25) is 19.8 Å². The van der Waals surface area contributed by atoms with Crippen LogP contribution in [0, 0.1) is 10.1 Å². The van der Waals surface area contributed by atoms with E-state index in [4.69, 9.17) is 9.47 Å². The smallest absolute Gasteiger partial charge is 0.316 e. The van der Waals surface area contributed by atoms with E-state index in [9.17, 15) is 14.9 Å². The zero-order valence-corrected chi connectivity index (χ0v) is 16.6. The van der Waals surface area contributed by atoms with Gasteiger partial charge in [-0.2, -0.15) is 0 Å². The zero-order chi connectivity index (χ0) is 20.7. The van der Waals surface area contributed by atoms with E-state index in [1.54, 1.807) is 12.1 Å². The van der Waals surface area contributed by atoms with Crippen LogP contribution in [0.25, 0.3) is 0 Å². The highest BCUT2D eigenvalue weighted by molar-refractivity contribution is 5.83. The van der Waals surface area contributed by atoms with E-state index in [1.807, 2.05) is 37.3 Å². The molecule has 2 aromatic rings. The number of esters is 1. The predicted octanol–water partition coefficient (Wildman–Crippen LogP) is 3.57. The molecule has 1 aliphatic rings. The quantitative estimate of drug-likeness (QED) is 0.384. The second-order valence-corrected chi connectivity index (χ2v) is 7.11. The van der Waals surface area contributed by atoms with Crippen LogP contribution in [0.1, 0.15) is 25.3 Å². The van der Waals surface area contributed by atoms with Crippen LogP contribution in [0.4, 0.5) is 5.69 Å². The Labute approximate surface area is 170 Å². The summed E-state index contributed by atoms with van der Waals surface area (Å²) >= 11 is 0. The molecule has 0 atom stereocenters. The standard InChI is InChI=1S/C22H26N2O5/c1-2-28-21(25)22(18-6-4-3-5-7-18)12-14-23(15-13-22)16-17-29-20-10-8-19(9-11-20)24(26)27/h3-11H,2,12-17H2,1H3. The second-order valence-electron chi connectivity index (χ2n) is 7.11. The fourth-order valence-electron chi connectivity index (χ4n) is 3.75. The van der Waals surface area contributed by atoms with Gasteiger partial charge in [0.1, 0.15) is 12.4 Å². The lowest BCUT2D eigenvalue weighted by Crippen LogP contribution is -2.48. The number of benzene rings is 2. The number of piperidine rings is 1. The molecule has 0 aromatic heterocycles. The molecule has 7 heteroatoms. The van der Waals surface area contributed by atoms with Crippen LogP contribution in [-0.2, 0) is 14.9 Å². The summed E-state index contributed by atoms with van der Waals surface area (Å²) in [4.78, 5) is 25.3. The Bertz CT molecular complexity index is 815. The Hall–Kier alpha value is -2.93. The van der Waals surface area contributed by atoms with Gasteiger partial charge in [0.25, 0.3) is 5.69 Å². The van der Waals surface area contributed by atoms with Gasteiger partial charge >= 0.3 is 5.97 Å². The third-order valence-electron chi connectivity index (χ3n) is 5.43. The molecule has 1 saturated heterocycles. The van der Waals surface area contributed by atoms with Gasteiger partial charge in [-0.1, -0.05) is 30.3 Å². The number of carbonyl (C=O) groups excluding carboxylic acids is 1. The molecule has 0 amide bonds. The minimum atomic E-state index is -0.590. The molecule has 1 heterocycles. The van der Waals surface area contributed by atoms with Crippen LogP contribution in [0.3, 0.4) is 0 Å². The number of hydrogen-bond acceptors (Lipinski definition) is 6. The fraction of sp³-hybridized carbons (Fsp3) is 0.409. The van der Waals surface area contributed by atoms with Gasteiger partial charge in [0.05, 0.1) is 16.9 Å². The Morgan fingerprint density at radius 1 is 1.10 bits per heavy atom. The van der Waals surface area contributed by atoms with Crippen LogP contribution in [0.5, 0.6) is 5.75 Å². The van der Waals surface area contributed by atoms with Crippen LogP contribution >= 0.6 is 0 Å². The van der Waals surface area contributed by atoms with Crippen LogP contribution in [0.2, 0.25) is 0 Å². The number of ether oxygens (including phenoxy) is 2. The summed E-state index contributed by atoms with van der Waals surface area (Å²) in [6.45, 7) is 4.97. The second kappa shape index (κ2) is 9.52. The molecule has 0 saturated carbocycles. The van der Waals surface area contributed by atoms with E-state index in [0.29, 0.717) is 31.8 Å². The molecule has 0 radical (unpaired) electrons. The molecule has 0 N–H and O–H groups in total. The number of nitro groups is 1. The molecule has 7 nitrogen and oxygen atoms in total. The van der Waals surface area contributed by atoms with E-state index in [-0.39, 0.29) is 11.7 Å². The van der Waals surface area contributed by atoms with Crippen LogP contribution in [0.15, 0.2) is 54.6 Å². The maximum absolute atomic E-state index is 12.8. The van der Waals surface area contributed by atoms with Crippen molar-refractivity contribution in [3.05, 3.63) is 70.3 Å². The SMILES string of the molecule is CCOC(=O)C1(c2ccccc2)CCN(CCOc2ccc([N+](=O)[O-])cc2)CC1. The molecule has 0 spiro atoms. The summed E-state index contributed by atoms with van der Waals surface area (Å²) in [6.07, 6.45) is 1.40. The third kappa shape index (κ3) is 4.92. The molecular weight excluding hydrogens is 372 g/mol. The first-order valence-corrected chi connectivity index (χ1v) is 9.87. The molecule has 3 rings (SSSR count). The largest absolute Gasteiger partial charge is 0.492 e. The Morgan fingerprint density at radius 2 is 1.76 bits per heavy atom. The highest BCUT2D eigenvalue weighted by Gasteiger charge is 2.44. The van der Waals surface area contributed by atoms with Gasteiger partial charge in [-0.25, -0.2) is 0 Å². The van der Waals surface area contributed by atoms with Crippen molar-refractivity contribution in [2.75, 3.05) is 32.8 Å². The Morgan fingerprint density at radius 3 is 2.34 bits per heavy atom. The first-order valence-electron chi connectivity index (χ1n) is 9.87. The molecule has 29 heavy (non-hydrogen) atoms. The van der Waals surface area contributed by atoms with Gasteiger partial charge < -0.3 is 9.47 Å². The maximum Gasteiger partial charge on any atom is 0.316 e. The van der Waals surface area contributed by atoms with Crippen molar-refractivity contribution in [1.29, 1.82) is 0 Å². The van der Waals surface area contributed by atoms with Gasteiger partial charge in [0, 0.05) is 18.7 Å². The van der Waals surface area contributed by atoms with Crippen LogP contribution in [-0.4, -0.2) is 48.6 Å². The number of non-ortho nitro benzene ring substituents is 1. The third-order valence-corrected chi connectivity index (χ3v) is 5.43. The van der Waals surface area contributed by atoms with Crippen molar-refractivity contribution >= 4 is 11.7 Å². The summed E-state index contributed by atoms with van der Waals surface area (Å²) < 4.78 is 11.1. The number of carbonyl (C=O) groups is 1. The average Bonchev–Trinajstić information content (AvgIpc) is 2.75. The summed E-state index contributed by atoms with van der Waals surface area (Å²) in [5, 5.41) is 10.7. The Kier molecular flexibility index (Phi) is 6.82. The average molecular weight is 398 g/mol. The van der Waals surface area contributed by atoms with Crippen molar-refractivity contribution in [2.45, 2.75) is 25.2 Å². The first-order chi connectivity index (χ1) is 14.0. The molecule has 154 valence electrons. The topological polar surface area (TPSA) is 81.9 Å². The lowest BCUT2D eigenvalue weighted by Gasteiger charge is -2.40. The summed E-state index contributed by atoms with van der Waals surface area (Å²) in [6, 6.07) is 16.0. The lowest BCUT2D eigenvalue weighted by atomic mass is 9.72. The van der Waals surface area contributed by atoms with Crippen molar-refractivity contribution in [2.24, 2.45) is 0 Å². The molecular formula is C22H26N2O5. The number of nitrogens with zero attached hydrogens (tertiary/aromatic N) is 2. The van der Waals surface area contributed by atoms with E-state index < -0.39 is 10.3 Å². The van der Waals surface area contributed by atoms with Crippen molar-refractivity contribution in [3.63, 3.8) is 0 Å². The molecule has 2 aromatic carbocycles. The van der Waals surface area contributed by atoms with Gasteiger partial charge in [0.15, 0.2) is 0 Å². The van der Waals surface area contributed by atoms with Crippen molar-refractivity contribution in [1.82, 2.24) is 4.90 Å². The molecule has 0 aliphatic carbocycles. The highest BCUT2D eigenvalue weighted by atomic mass is 16.6. The number of hydrogen-bond donors (Lipinski definition) is 0. The van der Waals surface area contributed by atoms with E-state index in [1.165, 1.54) is 12.1 Å². The lowest BCUT2D eigenvalue weighted by molar-refractivity contribution is -0.384. The van der Waals surface area contributed by atoms with E-state index in [0.717, 1.165) is 25.2 Å². The number of rotatable bonds is 8. The minimum Gasteiger partial charge on any atom is -0.492 e. The molecule has 0 bridgehead atoms. The molecule has 0 unspecified atom stereocenters. The number of nitro benzene ring substituents is 1. The predicted molar refractivity (Wildman–Crippen MR) is 109 cm³/mol. The first kappa shape index (κ1) is 20.8. The summed E-state index contributed by atoms with van der Waals surface area (Å²) in [7, 11) is 0. The highest BCUT2D eigenvalue weighted by Crippen LogP contribution is 2.36. The number of likely N-dealkylation sites (tertiary alicyclic amines) is 1. The maximum atomic E-state index is 12.8. The fourth-order valence-corrected chi connectivity index (χ4v) is 3.75. The van der Waals surface area contributed by atoms with Crippen LogP contribution < -0.4 is 4.74 Å².